The number of rotatable bonds is 6. The Balaban J connectivity index is 2.05. The zero-order valence-corrected chi connectivity index (χ0v) is 14.9. The predicted molar refractivity (Wildman–Crippen MR) is 92.7 cm³/mol. The highest BCUT2D eigenvalue weighted by molar-refractivity contribution is 5.98. The average Bonchev–Trinajstić information content (AvgIpc) is 2.57. The molecule has 2 amide bonds. The van der Waals surface area contributed by atoms with Crippen LogP contribution < -0.4 is 16.6 Å². The van der Waals surface area contributed by atoms with Gasteiger partial charge in [-0.1, -0.05) is 0 Å². The Bertz CT molecular complexity index is 720. The van der Waals surface area contributed by atoms with Crippen molar-refractivity contribution in [3.8, 4) is 0 Å². The quantitative estimate of drug-likeness (QED) is 0.780. The summed E-state index contributed by atoms with van der Waals surface area (Å²) in [6.07, 6.45) is 3.13. The van der Waals surface area contributed by atoms with E-state index in [4.69, 9.17) is 15.2 Å². The molecule has 1 atom stereocenters. The normalized spacial score (nSPS) is 17.3. The molecular weight excluding hydrogens is 326 g/mol. The Kier molecular flexibility index (Phi) is 6.33. The molecule has 8 heteroatoms. The minimum atomic E-state index is -0.820. The second-order valence-corrected chi connectivity index (χ2v) is 6.24. The number of pyridine rings is 1. The Morgan fingerprint density at radius 2 is 2.08 bits per heavy atom. The molecule has 0 spiro atoms. The van der Waals surface area contributed by atoms with E-state index in [1.54, 1.807) is 13.8 Å². The van der Waals surface area contributed by atoms with E-state index in [2.05, 4.69) is 5.32 Å². The molecule has 1 unspecified atom stereocenters. The fraction of sp³-hybridized carbons (Fsp3) is 0.588. The molecule has 1 aliphatic heterocycles. The van der Waals surface area contributed by atoms with Gasteiger partial charge >= 0.3 is 0 Å². The average molecular weight is 351 g/mol. The lowest BCUT2D eigenvalue weighted by Crippen LogP contribution is -2.33. The number of primary amides is 1. The first kappa shape index (κ1) is 19.1. The predicted octanol–water partition coefficient (Wildman–Crippen LogP) is 0.625. The summed E-state index contributed by atoms with van der Waals surface area (Å²) in [5.74, 6) is -1.18. The number of nitrogens with one attached hydrogen (secondary N) is 1. The first-order valence-electron chi connectivity index (χ1n) is 8.32. The molecule has 1 fully saturated rings. The minimum Gasteiger partial charge on any atom is -0.376 e. The van der Waals surface area contributed by atoms with Crippen LogP contribution in [-0.2, 0) is 21.3 Å². The van der Waals surface area contributed by atoms with Crippen LogP contribution in [0.15, 0.2) is 4.79 Å². The van der Waals surface area contributed by atoms with E-state index in [0.717, 1.165) is 25.9 Å². The van der Waals surface area contributed by atoms with Crippen LogP contribution in [-0.4, -0.2) is 42.3 Å². The molecule has 1 aromatic heterocycles. The second-order valence-electron chi connectivity index (χ2n) is 6.24. The number of hydrogen-bond donors (Lipinski definition) is 2. The van der Waals surface area contributed by atoms with Crippen molar-refractivity contribution in [1.29, 1.82) is 0 Å². The van der Waals surface area contributed by atoms with Gasteiger partial charge in [-0.25, -0.2) is 0 Å². The summed E-state index contributed by atoms with van der Waals surface area (Å²) < 4.78 is 12.3. The van der Waals surface area contributed by atoms with Gasteiger partial charge < -0.3 is 25.1 Å². The molecule has 0 radical (unpaired) electrons. The Hall–Kier alpha value is -2.19. The van der Waals surface area contributed by atoms with Gasteiger partial charge in [-0.3, -0.25) is 14.4 Å². The number of nitrogens with two attached hydrogens (primary N) is 1. The summed E-state index contributed by atoms with van der Waals surface area (Å²) in [7, 11) is 1.52. The highest BCUT2D eigenvalue weighted by atomic mass is 16.5. The van der Waals surface area contributed by atoms with Crippen LogP contribution in [0.1, 0.15) is 40.9 Å². The van der Waals surface area contributed by atoms with Crippen LogP contribution in [0.5, 0.6) is 0 Å². The van der Waals surface area contributed by atoms with Gasteiger partial charge in [0, 0.05) is 19.3 Å². The largest absolute Gasteiger partial charge is 0.376 e. The van der Waals surface area contributed by atoms with E-state index in [9.17, 15) is 14.4 Å². The number of hydrogen-bond acceptors (Lipinski definition) is 5. The molecule has 1 aliphatic rings. The lowest BCUT2D eigenvalue weighted by Gasteiger charge is -2.22. The molecule has 0 saturated carbocycles. The summed E-state index contributed by atoms with van der Waals surface area (Å²) in [6.45, 7) is 4.23. The van der Waals surface area contributed by atoms with Gasteiger partial charge in [0.05, 0.1) is 18.4 Å². The third-order valence-corrected chi connectivity index (χ3v) is 4.46. The van der Waals surface area contributed by atoms with Crippen LogP contribution >= 0.6 is 0 Å². The van der Waals surface area contributed by atoms with Gasteiger partial charge in [0.2, 0.25) is 5.91 Å². The number of carbonyl (C=O) groups excluding carboxylic acids is 2. The van der Waals surface area contributed by atoms with Gasteiger partial charge in [-0.2, -0.15) is 0 Å². The molecule has 2 rings (SSSR count). The fourth-order valence-corrected chi connectivity index (χ4v) is 2.92. The summed E-state index contributed by atoms with van der Waals surface area (Å²) in [5, 5.41) is 2.71. The fourth-order valence-electron chi connectivity index (χ4n) is 2.92. The number of aromatic nitrogens is 1. The summed E-state index contributed by atoms with van der Waals surface area (Å²) in [6, 6.07) is 0. The van der Waals surface area contributed by atoms with Crippen molar-refractivity contribution in [3.05, 3.63) is 27.2 Å². The monoisotopic (exact) mass is 351 g/mol. The van der Waals surface area contributed by atoms with E-state index in [0.29, 0.717) is 23.6 Å². The molecule has 3 N–H and O–H groups in total. The Labute approximate surface area is 146 Å². The topological polar surface area (TPSA) is 113 Å². The van der Waals surface area contributed by atoms with Crippen molar-refractivity contribution in [1.82, 2.24) is 4.57 Å². The maximum Gasteiger partial charge on any atom is 0.263 e. The molecular formula is C17H25N3O5. The van der Waals surface area contributed by atoms with Gasteiger partial charge in [-0.15, -0.1) is 0 Å². The third-order valence-electron chi connectivity index (χ3n) is 4.46. The van der Waals surface area contributed by atoms with Crippen LogP contribution in [0.4, 0.5) is 5.69 Å². The summed E-state index contributed by atoms with van der Waals surface area (Å²) in [4.78, 5) is 35.9. The molecule has 1 saturated heterocycles. The molecule has 1 aromatic rings. The van der Waals surface area contributed by atoms with Crippen molar-refractivity contribution >= 4 is 17.5 Å². The lowest BCUT2D eigenvalue weighted by molar-refractivity contribution is -0.122. The Morgan fingerprint density at radius 1 is 1.36 bits per heavy atom. The van der Waals surface area contributed by atoms with E-state index >= 15 is 0 Å². The third kappa shape index (κ3) is 4.46. The first-order chi connectivity index (χ1) is 11.8. The molecule has 0 aromatic carbocycles. The van der Waals surface area contributed by atoms with Crippen molar-refractivity contribution in [2.75, 3.05) is 25.1 Å². The highest BCUT2D eigenvalue weighted by Gasteiger charge is 2.20. The van der Waals surface area contributed by atoms with Crippen LogP contribution in [0.3, 0.4) is 0 Å². The van der Waals surface area contributed by atoms with E-state index in [1.807, 2.05) is 0 Å². The maximum atomic E-state index is 12.2. The second kappa shape index (κ2) is 8.26. The van der Waals surface area contributed by atoms with Gasteiger partial charge in [0.25, 0.3) is 11.5 Å². The molecule has 2 heterocycles. The summed E-state index contributed by atoms with van der Waals surface area (Å²) in [5.41, 5.74) is 5.99. The van der Waals surface area contributed by atoms with Crippen molar-refractivity contribution in [3.63, 3.8) is 0 Å². The highest BCUT2D eigenvalue weighted by Crippen LogP contribution is 2.20. The van der Waals surface area contributed by atoms with Crippen molar-refractivity contribution < 1.29 is 19.1 Å². The zero-order chi connectivity index (χ0) is 18.6. The number of anilines is 1. The molecule has 0 aliphatic carbocycles. The van der Waals surface area contributed by atoms with Gasteiger partial charge in [0.1, 0.15) is 12.2 Å². The van der Waals surface area contributed by atoms with Crippen LogP contribution in [0.25, 0.3) is 0 Å². The van der Waals surface area contributed by atoms with Crippen LogP contribution in [0, 0.1) is 13.8 Å². The van der Waals surface area contributed by atoms with Crippen molar-refractivity contribution in [2.24, 2.45) is 12.8 Å². The number of ether oxygens (including phenoxy) is 2. The standard InChI is InChI=1S/C17H25N3O5/c1-10-14(16(18)22)17(23)20(3)11(2)15(10)19-13(21)9-24-8-12-6-4-5-7-25-12/h12H,4-9H2,1-3H3,(H2,18,22)(H,19,21). The van der Waals surface area contributed by atoms with Gasteiger partial charge in [-0.05, 0) is 38.7 Å². The van der Waals surface area contributed by atoms with E-state index in [1.165, 1.54) is 11.6 Å². The van der Waals surface area contributed by atoms with Crippen LogP contribution in [0.2, 0.25) is 0 Å². The first-order valence-corrected chi connectivity index (χ1v) is 8.32. The lowest BCUT2D eigenvalue weighted by atomic mass is 10.1. The minimum absolute atomic E-state index is 0.0315. The molecule has 25 heavy (non-hydrogen) atoms. The summed E-state index contributed by atoms with van der Waals surface area (Å²) >= 11 is 0. The zero-order valence-electron chi connectivity index (χ0n) is 14.9. The maximum absolute atomic E-state index is 12.2. The van der Waals surface area contributed by atoms with Crippen molar-refractivity contribution in [2.45, 2.75) is 39.2 Å². The SMILES string of the molecule is Cc1c(NC(=O)COCC2CCCCO2)c(C)n(C)c(=O)c1C(N)=O. The Morgan fingerprint density at radius 3 is 2.68 bits per heavy atom. The molecule has 138 valence electrons. The molecule has 8 nitrogen and oxygen atoms in total. The smallest absolute Gasteiger partial charge is 0.263 e. The number of amides is 2. The number of carbonyl (C=O) groups is 2. The number of nitrogens with zero attached hydrogens (tertiary/aromatic N) is 1. The molecule has 0 bridgehead atoms. The van der Waals surface area contributed by atoms with E-state index in [-0.39, 0.29) is 24.2 Å². The van der Waals surface area contributed by atoms with E-state index < -0.39 is 11.5 Å². The van der Waals surface area contributed by atoms with Gasteiger partial charge in [0.15, 0.2) is 0 Å².